The fraction of sp³-hybridized carbons (Fsp3) is 0.591. The van der Waals surface area contributed by atoms with E-state index in [-0.39, 0.29) is 29.4 Å². The van der Waals surface area contributed by atoms with E-state index < -0.39 is 0 Å². The van der Waals surface area contributed by atoms with Gasteiger partial charge < -0.3 is 18.6 Å². The Kier molecular flexibility index (Phi) is 6.14. The zero-order valence-electron chi connectivity index (χ0n) is 19.5. The summed E-state index contributed by atoms with van der Waals surface area (Å²) in [6, 6.07) is 1.70. The molecule has 0 aliphatic carbocycles. The molecule has 0 aromatic carbocycles. The number of carbonyl (C=O) groups excluding carboxylic acids is 1. The SMILES string of the molecule is CCn1nc(C)c(-c2cc(C(=O)N3C[C@@H](COC)[C@H](c4nnc(C(C)C)o4)C3)no2)c1C. The van der Waals surface area contributed by atoms with E-state index in [9.17, 15) is 4.79 Å². The first-order valence-electron chi connectivity index (χ1n) is 11.0. The largest absolute Gasteiger partial charge is 0.425 e. The van der Waals surface area contributed by atoms with Crippen molar-refractivity contribution in [1.29, 1.82) is 0 Å². The van der Waals surface area contributed by atoms with Crippen molar-refractivity contribution in [2.75, 3.05) is 26.8 Å². The van der Waals surface area contributed by atoms with Gasteiger partial charge in [0.2, 0.25) is 11.8 Å². The Bertz CT molecular complexity index is 1100. The van der Waals surface area contributed by atoms with E-state index >= 15 is 0 Å². The van der Waals surface area contributed by atoms with Gasteiger partial charge >= 0.3 is 0 Å². The third-order valence-electron chi connectivity index (χ3n) is 6.03. The highest BCUT2D eigenvalue weighted by Gasteiger charge is 2.40. The van der Waals surface area contributed by atoms with Crippen LogP contribution in [0.5, 0.6) is 0 Å². The van der Waals surface area contributed by atoms with Crippen molar-refractivity contribution in [3.8, 4) is 11.3 Å². The summed E-state index contributed by atoms with van der Waals surface area (Å²) in [7, 11) is 1.65. The summed E-state index contributed by atoms with van der Waals surface area (Å²) in [5.74, 6) is 1.62. The van der Waals surface area contributed by atoms with Gasteiger partial charge in [0.25, 0.3) is 5.91 Å². The molecule has 0 radical (unpaired) electrons. The molecule has 172 valence electrons. The number of rotatable bonds is 7. The van der Waals surface area contributed by atoms with Crippen LogP contribution in [-0.4, -0.2) is 62.7 Å². The molecule has 32 heavy (non-hydrogen) atoms. The van der Waals surface area contributed by atoms with Gasteiger partial charge in [-0.2, -0.15) is 5.10 Å². The molecule has 3 aromatic rings. The van der Waals surface area contributed by atoms with Gasteiger partial charge in [-0.3, -0.25) is 9.48 Å². The third kappa shape index (κ3) is 3.94. The van der Waals surface area contributed by atoms with E-state index in [4.69, 9.17) is 13.7 Å². The molecule has 1 fully saturated rings. The molecule has 0 saturated carbocycles. The molecule has 10 nitrogen and oxygen atoms in total. The second-order valence-corrected chi connectivity index (χ2v) is 8.60. The van der Waals surface area contributed by atoms with Gasteiger partial charge in [0.05, 0.1) is 23.8 Å². The van der Waals surface area contributed by atoms with Crippen LogP contribution >= 0.6 is 0 Å². The predicted molar refractivity (Wildman–Crippen MR) is 115 cm³/mol. The molecule has 1 aliphatic heterocycles. The minimum atomic E-state index is -0.189. The van der Waals surface area contributed by atoms with Crippen LogP contribution in [0.3, 0.4) is 0 Å². The minimum absolute atomic E-state index is 0.0584. The molecule has 0 spiro atoms. The second kappa shape index (κ2) is 8.85. The molecule has 1 saturated heterocycles. The number of hydrogen-bond donors (Lipinski definition) is 0. The number of likely N-dealkylation sites (tertiary alicyclic amines) is 1. The number of amides is 1. The van der Waals surface area contributed by atoms with Gasteiger partial charge in [-0.1, -0.05) is 19.0 Å². The van der Waals surface area contributed by atoms with Crippen LogP contribution in [0.2, 0.25) is 0 Å². The Labute approximate surface area is 186 Å². The zero-order chi connectivity index (χ0) is 23.0. The quantitative estimate of drug-likeness (QED) is 0.548. The number of carbonyl (C=O) groups is 1. The summed E-state index contributed by atoms with van der Waals surface area (Å²) in [6.45, 7) is 12.2. The third-order valence-corrected chi connectivity index (χ3v) is 6.03. The number of ether oxygens (including phenoxy) is 1. The van der Waals surface area contributed by atoms with Gasteiger partial charge in [-0.05, 0) is 20.8 Å². The molecule has 4 rings (SSSR count). The second-order valence-electron chi connectivity index (χ2n) is 8.60. The van der Waals surface area contributed by atoms with Crippen molar-refractivity contribution in [2.24, 2.45) is 5.92 Å². The van der Waals surface area contributed by atoms with Gasteiger partial charge in [0, 0.05) is 50.3 Å². The van der Waals surface area contributed by atoms with Crippen molar-refractivity contribution >= 4 is 5.91 Å². The number of methoxy groups -OCH3 is 1. The minimum Gasteiger partial charge on any atom is -0.425 e. The van der Waals surface area contributed by atoms with Crippen molar-refractivity contribution in [3.05, 3.63) is 34.9 Å². The van der Waals surface area contributed by atoms with E-state index in [0.717, 1.165) is 23.5 Å². The van der Waals surface area contributed by atoms with Crippen molar-refractivity contribution in [3.63, 3.8) is 0 Å². The fourth-order valence-electron chi connectivity index (χ4n) is 4.35. The summed E-state index contributed by atoms with van der Waals surface area (Å²) in [5, 5.41) is 17.0. The molecule has 0 bridgehead atoms. The molecular weight excluding hydrogens is 412 g/mol. The Hall–Kier alpha value is -3.01. The predicted octanol–water partition coefficient (Wildman–Crippen LogP) is 3.18. The maximum absolute atomic E-state index is 13.2. The van der Waals surface area contributed by atoms with Crippen LogP contribution in [0.15, 0.2) is 15.0 Å². The highest BCUT2D eigenvalue weighted by Crippen LogP contribution is 2.34. The van der Waals surface area contributed by atoms with E-state index in [1.54, 1.807) is 18.1 Å². The standard InChI is InChI=1S/C22H30N6O4/c1-7-28-14(5)19(13(4)25-28)18-8-17(26-32-18)22(29)27-9-15(11-30-6)16(10-27)21-24-23-20(31-21)12(2)3/h8,12,15-16H,7,9-11H2,1-6H3/t15-,16+/m0/s1. The molecule has 2 atom stereocenters. The molecule has 3 aromatic heterocycles. The van der Waals surface area contributed by atoms with Crippen LogP contribution < -0.4 is 0 Å². The molecule has 1 aliphatic rings. The van der Waals surface area contributed by atoms with E-state index in [2.05, 4.69) is 20.5 Å². The number of aryl methyl sites for hydroxylation is 2. The van der Waals surface area contributed by atoms with Crippen LogP contribution in [0.1, 0.15) is 66.3 Å². The highest BCUT2D eigenvalue weighted by atomic mass is 16.5. The molecule has 1 amide bonds. The lowest BCUT2D eigenvalue weighted by molar-refractivity contribution is 0.0765. The molecular formula is C22H30N6O4. The molecule has 0 N–H and O–H groups in total. The highest BCUT2D eigenvalue weighted by molar-refractivity contribution is 5.93. The van der Waals surface area contributed by atoms with Crippen molar-refractivity contribution < 1.29 is 18.5 Å². The first-order chi connectivity index (χ1) is 15.3. The van der Waals surface area contributed by atoms with Gasteiger partial charge in [-0.25, -0.2) is 0 Å². The summed E-state index contributed by atoms with van der Waals surface area (Å²) in [5.41, 5.74) is 2.98. The van der Waals surface area contributed by atoms with Crippen molar-refractivity contribution in [2.45, 2.75) is 53.0 Å². The first kappa shape index (κ1) is 22.2. The van der Waals surface area contributed by atoms with Crippen LogP contribution in [-0.2, 0) is 11.3 Å². The molecule has 0 unspecified atom stereocenters. The number of aromatic nitrogens is 5. The average Bonchev–Trinajstić information content (AvgIpc) is 3.53. The van der Waals surface area contributed by atoms with E-state index in [1.807, 2.05) is 39.3 Å². The van der Waals surface area contributed by atoms with Crippen LogP contribution in [0.25, 0.3) is 11.3 Å². The lowest BCUT2D eigenvalue weighted by atomic mass is 9.97. The summed E-state index contributed by atoms with van der Waals surface area (Å²) in [6.07, 6.45) is 0. The first-order valence-corrected chi connectivity index (χ1v) is 11.0. The van der Waals surface area contributed by atoms with Crippen molar-refractivity contribution in [1.82, 2.24) is 30.0 Å². The van der Waals surface area contributed by atoms with Crippen LogP contribution in [0.4, 0.5) is 0 Å². The van der Waals surface area contributed by atoms with Gasteiger partial charge in [0.1, 0.15) is 0 Å². The Morgan fingerprint density at radius 3 is 2.69 bits per heavy atom. The normalized spacial score (nSPS) is 18.8. The smallest absolute Gasteiger partial charge is 0.276 e. The summed E-state index contributed by atoms with van der Waals surface area (Å²) >= 11 is 0. The fourth-order valence-corrected chi connectivity index (χ4v) is 4.35. The van der Waals surface area contributed by atoms with Gasteiger partial charge in [-0.15, -0.1) is 10.2 Å². The lowest BCUT2D eigenvalue weighted by Crippen LogP contribution is -2.29. The zero-order valence-corrected chi connectivity index (χ0v) is 19.5. The topological polar surface area (TPSA) is 112 Å². The Balaban J connectivity index is 1.55. The maximum Gasteiger partial charge on any atom is 0.276 e. The Morgan fingerprint density at radius 1 is 1.28 bits per heavy atom. The van der Waals surface area contributed by atoms with E-state index in [1.165, 1.54) is 0 Å². The maximum atomic E-state index is 13.2. The lowest BCUT2D eigenvalue weighted by Gasteiger charge is -2.14. The monoisotopic (exact) mass is 442 g/mol. The summed E-state index contributed by atoms with van der Waals surface area (Å²) < 4.78 is 18.7. The average molecular weight is 443 g/mol. The van der Waals surface area contributed by atoms with Crippen LogP contribution in [0, 0.1) is 19.8 Å². The number of hydrogen-bond acceptors (Lipinski definition) is 8. The summed E-state index contributed by atoms with van der Waals surface area (Å²) in [4.78, 5) is 15.0. The van der Waals surface area contributed by atoms with Gasteiger partial charge in [0.15, 0.2) is 11.5 Å². The van der Waals surface area contributed by atoms with E-state index in [0.29, 0.717) is 37.2 Å². The molecule has 4 heterocycles. The Morgan fingerprint density at radius 2 is 2.06 bits per heavy atom. The number of nitrogens with zero attached hydrogens (tertiary/aromatic N) is 6. The molecule has 10 heteroatoms.